The third kappa shape index (κ3) is 3.67. The highest BCUT2D eigenvalue weighted by Gasteiger charge is 2.31. The average Bonchev–Trinajstić information content (AvgIpc) is 3.20. The minimum Gasteiger partial charge on any atom is -0.381 e. The highest BCUT2D eigenvalue weighted by Crippen LogP contribution is 2.35. The molecule has 0 unspecified atom stereocenters. The van der Waals surface area contributed by atoms with Gasteiger partial charge in [0.05, 0.1) is 6.10 Å². The molecule has 0 spiro atoms. The summed E-state index contributed by atoms with van der Waals surface area (Å²) in [6, 6.07) is 6.44. The van der Waals surface area contributed by atoms with Gasteiger partial charge in [0.2, 0.25) is 5.95 Å². The number of methoxy groups -OCH3 is 1. The van der Waals surface area contributed by atoms with Crippen molar-refractivity contribution in [3.63, 3.8) is 0 Å². The van der Waals surface area contributed by atoms with E-state index >= 15 is 0 Å². The number of carbonyl (C=O) groups is 1. The van der Waals surface area contributed by atoms with Crippen molar-refractivity contribution in [2.75, 3.05) is 19.0 Å². The summed E-state index contributed by atoms with van der Waals surface area (Å²) >= 11 is 0. The van der Waals surface area contributed by atoms with Gasteiger partial charge in [-0.3, -0.25) is 4.79 Å². The van der Waals surface area contributed by atoms with Crippen molar-refractivity contribution in [3.05, 3.63) is 41.7 Å². The maximum absolute atomic E-state index is 12.3. The van der Waals surface area contributed by atoms with Crippen LogP contribution in [0.2, 0.25) is 0 Å². The number of hydrogen-bond donors (Lipinski definition) is 3. The molecule has 162 valence electrons. The van der Waals surface area contributed by atoms with Crippen molar-refractivity contribution in [1.82, 2.24) is 20.3 Å². The molecule has 1 fully saturated rings. The van der Waals surface area contributed by atoms with Crippen molar-refractivity contribution < 1.29 is 9.53 Å². The molecule has 7 nitrogen and oxygen atoms in total. The predicted octanol–water partition coefficient (Wildman–Crippen LogP) is 4.02. The zero-order valence-corrected chi connectivity index (χ0v) is 18.3. The van der Waals surface area contributed by atoms with E-state index in [4.69, 9.17) is 9.72 Å². The lowest BCUT2D eigenvalue weighted by atomic mass is 9.78. The Morgan fingerprint density at radius 1 is 1.16 bits per heavy atom. The minimum atomic E-state index is -0.110. The number of benzene rings is 1. The smallest absolute Gasteiger partial charge is 0.251 e. The maximum Gasteiger partial charge on any atom is 0.251 e. The van der Waals surface area contributed by atoms with Crippen molar-refractivity contribution in [3.8, 4) is 11.1 Å². The molecular formula is C24H29N5O2. The van der Waals surface area contributed by atoms with Crippen LogP contribution in [0.1, 0.15) is 55.5 Å². The Kier molecular flexibility index (Phi) is 4.93. The number of anilines is 1. The summed E-state index contributed by atoms with van der Waals surface area (Å²) in [4.78, 5) is 24.9. The van der Waals surface area contributed by atoms with Crippen LogP contribution in [-0.4, -0.2) is 46.7 Å². The summed E-state index contributed by atoms with van der Waals surface area (Å²) in [5.74, 6) is 0.656. The molecular weight excluding hydrogens is 390 g/mol. The van der Waals surface area contributed by atoms with Crippen LogP contribution in [0.4, 0.5) is 5.95 Å². The van der Waals surface area contributed by atoms with E-state index in [1.807, 2.05) is 24.5 Å². The van der Waals surface area contributed by atoms with Crippen LogP contribution >= 0.6 is 0 Å². The van der Waals surface area contributed by atoms with Crippen LogP contribution in [-0.2, 0) is 10.2 Å². The van der Waals surface area contributed by atoms with Crippen molar-refractivity contribution >= 4 is 22.9 Å². The second-order valence-electron chi connectivity index (χ2n) is 9.34. The number of rotatable bonds is 4. The Morgan fingerprint density at radius 2 is 1.97 bits per heavy atom. The highest BCUT2D eigenvalue weighted by atomic mass is 16.5. The van der Waals surface area contributed by atoms with Gasteiger partial charge < -0.3 is 20.4 Å². The predicted molar refractivity (Wildman–Crippen MR) is 121 cm³/mol. The fourth-order valence-corrected chi connectivity index (χ4v) is 4.80. The summed E-state index contributed by atoms with van der Waals surface area (Å²) in [7, 11) is 1.79. The lowest BCUT2D eigenvalue weighted by Crippen LogP contribution is -2.43. The molecule has 1 aliphatic heterocycles. The standard InChI is InChI=1S/C24H29N5O2/c1-24(2)13-27-22(30)17-9-4-14(10-20(17)24)18-11-25-21-19(18)12-26-23(29-21)28-15-5-7-16(31-3)8-6-15/h4,9-12,15-16H,5-8,13H2,1-3H3,(H,27,30)(H2,25,26,28,29)/t15-,16+. The van der Waals surface area contributed by atoms with E-state index < -0.39 is 0 Å². The van der Waals surface area contributed by atoms with Crippen LogP contribution in [0.25, 0.3) is 22.2 Å². The van der Waals surface area contributed by atoms with Crippen molar-refractivity contribution in [2.24, 2.45) is 0 Å². The first kappa shape index (κ1) is 20.0. The number of hydrogen-bond acceptors (Lipinski definition) is 5. The van der Waals surface area contributed by atoms with Gasteiger partial charge in [-0.1, -0.05) is 19.9 Å². The monoisotopic (exact) mass is 419 g/mol. The second kappa shape index (κ2) is 7.64. The number of aromatic amines is 1. The van der Waals surface area contributed by atoms with Crippen LogP contribution in [0, 0.1) is 0 Å². The third-order valence-electron chi connectivity index (χ3n) is 6.77. The molecule has 1 saturated carbocycles. The van der Waals surface area contributed by atoms with Crippen molar-refractivity contribution in [2.45, 2.75) is 57.1 Å². The lowest BCUT2D eigenvalue weighted by molar-refractivity contribution is 0.0681. The number of nitrogens with one attached hydrogen (secondary N) is 3. The number of carbonyl (C=O) groups excluding carboxylic acids is 1. The first-order valence-corrected chi connectivity index (χ1v) is 11.0. The number of amides is 1. The number of fused-ring (bicyclic) bond motifs is 2. The Morgan fingerprint density at radius 3 is 2.74 bits per heavy atom. The van der Waals surface area contributed by atoms with E-state index in [1.165, 1.54) is 0 Å². The van der Waals surface area contributed by atoms with E-state index in [-0.39, 0.29) is 11.3 Å². The molecule has 0 bridgehead atoms. The second-order valence-corrected chi connectivity index (χ2v) is 9.34. The fraction of sp³-hybridized carbons (Fsp3) is 0.458. The summed E-state index contributed by atoms with van der Waals surface area (Å²) < 4.78 is 5.46. The molecule has 0 saturated heterocycles. The molecule has 1 aliphatic carbocycles. The molecule has 0 atom stereocenters. The average molecular weight is 420 g/mol. The molecule has 2 aromatic heterocycles. The fourth-order valence-electron chi connectivity index (χ4n) is 4.80. The quantitative estimate of drug-likeness (QED) is 0.594. The summed E-state index contributed by atoms with van der Waals surface area (Å²) in [5, 5.41) is 7.44. The zero-order valence-electron chi connectivity index (χ0n) is 18.3. The zero-order chi connectivity index (χ0) is 21.6. The van der Waals surface area contributed by atoms with Gasteiger partial charge in [-0.2, -0.15) is 4.98 Å². The number of H-pyrrole nitrogens is 1. The SMILES string of the molecule is CO[C@H]1CC[C@@H](Nc2ncc3c(-c4ccc5c(c4)C(C)(C)CNC5=O)c[nH]c3n2)CC1. The van der Waals surface area contributed by atoms with Gasteiger partial charge >= 0.3 is 0 Å². The largest absolute Gasteiger partial charge is 0.381 e. The number of ether oxygens (including phenoxy) is 1. The van der Waals surface area contributed by atoms with Crippen LogP contribution in [0.5, 0.6) is 0 Å². The van der Waals surface area contributed by atoms with E-state index in [2.05, 4.69) is 40.5 Å². The molecule has 0 radical (unpaired) electrons. The Labute approximate surface area is 182 Å². The third-order valence-corrected chi connectivity index (χ3v) is 6.77. The van der Waals surface area contributed by atoms with E-state index in [1.54, 1.807) is 7.11 Å². The lowest BCUT2D eigenvalue weighted by Gasteiger charge is -2.32. The first-order valence-electron chi connectivity index (χ1n) is 11.0. The molecule has 5 rings (SSSR count). The molecule has 2 aliphatic rings. The minimum absolute atomic E-state index is 0.00150. The van der Waals surface area contributed by atoms with Gasteiger partial charge in [0.1, 0.15) is 5.65 Å². The van der Waals surface area contributed by atoms with E-state index in [9.17, 15) is 4.79 Å². The van der Waals surface area contributed by atoms with Gasteiger partial charge in [0.15, 0.2) is 0 Å². The molecule has 3 aromatic rings. The Bertz CT molecular complexity index is 1130. The molecule has 3 heterocycles. The van der Waals surface area contributed by atoms with Crippen LogP contribution < -0.4 is 10.6 Å². The van der Waals surface area contributed by atoms with Gasteiger partial charge in [0.25, 0.3) is 5.91 Å². The van der Waals surface area contributed by atoms with Gasteiger partial charge in [-0.15, -0.1) is 0 Å². The number of aromatic nitrogens is 3. The summed E-state index contributed by atoms with van der Waals surface area (Å²) in [6.07, 6.45) is 8.49. The van der Waals surface area contributed by atoms with E-state index in [0.717, 1.165) is 59.0 Å². The molecule has 7 heteroatoms. The molecule has 31 heavy (non-hydrogen) atoms. The molecule has 1 amide bonds. The molecule has 3 N–H and O–H groups in total. The van der Waals surface area contributed by atoms with Crippen molar-refractivity contribution in [1.29, 1.82) is 0 Å². The highest BCUT2D eigenvalue weighted by molar-refractivity contribution is 5.99. The van der Waals surface area contributed by atoms with Gasteiger partial charge in [-0.05, 0) is 48.9 Å². The van der Waals surface area contributed by atoms with Gasteiger partial charge in [0, 0.05) is 54.0 Å². The van der Waals surface area contributed by atoms with Crippen LogP contribution in [0.15, 0.2) is 30.6 Å². The summed E-state index contributed by atoms with van der Waals surface area (Å²) in [6.45, 7) is 4.96. The first-order chi connectivity index (χ1) is 14.9. The normalized spacial score (nSPS) is 22.7. The van der Waals surface area contributed by atoms with Crippen LogP contribution in [0.3, 0.4) is 0 Å². The van der Waals surface area contributed by atoms with E-state index in [0.29, 0.717) is 24.6 Å². The topological polar surface area (TPSA) is 91.9 Å². The Hall–Kier alpha value is -2.93. The van der Waals surface area contributed by atoms with Gasteiger partial charge in [-0.25, -0.2) is 4.98 Å². The Balaban J connectivity index is 1.42. The molecule has 1 aromatic carbocycles. The summed E-state index contributed by atoms with van der Waals surface area (Å²) in [5.41, 5.74) is 4.65. The number of nitrogens with zero attached hydrogens (tertiary/aromatic N) is 2. The maximum atomic E-state index is 12.3.